The highest BCUT2D eigenvalue weighted by molar-refractivity contribution is 5.53. The fraction of sp³-hybridized carbons (Fsp3) is 0.125. The summed E-state index contributed by atoms with van der Waals surface area (Å²) in [5.41, 5.74) is 8.44. The molecular formula is C16H14FN3O. The average molecular weight is 283 g/mol. The van der Waals surface area contributed by atoms with Gasteiger partial charge in [-0.1, -0.05) is 23.4 Å². The standard InChI is InChI=1S/C16H14FN3O/c17-13-8-5-12(6-9-13)16-19-15(21-20-16)10-7-11-3-1-2-4-14(11)18/h1-6,8-9H,7,10,18H2. The first-order valence-electron chi connectivity index (χ1n) is 6.64. The van der Waals surface area contributed by atoms with Crippen molar-refractivity contribution in [1.29, 1.82) is 0 Å². The molecule has 1 aromatic heterocycles. The second kappa shape index (κ2) is 5.75. The summed E-state index contributed by atoms with van der Waals surface area (Å²) in [5.74, 6) is 0.714. The van der Waals surface area contributed by atoms with E-state index in [-0.39, 0.29) is 5.82 Å². The zero-order valence-electron chi connectivity index (χ0n) is 11.3. The maximum atomic E-state index is 12.9. The number of aryl methyl sites for hydroxylation is 2. The van der Waals surface area contributed by atoms with Crippen molar-refractivity contribution >= 4 is 5.69 Å². The van der Waals surface area contributed by atoms with E-state index in [1.165, 1.54) is 12.1 Å². The van der Waals surface area contributed by atoms with Gasteiger partial charge in [-0.15, -0.1) is 0 Å². The van der Waals surface area contributed by atoms with E-state index in [4.69, 9.17) is 10.3 Å². The zero-order valence-corrected chi connectivity index (χ0v) is 11.3. The van der Waals surface area contributed by atoms with E-state index in [1.54, 1.807) is 12.1 Å². The van der Waals surface area contributed by atoms with Gasteiger partial charge in [0.15, 0.2) is 0 Å². The molecule has 0 atom stereocenters. The summed E-state index contributed by atoms with van der Waals surface area (Å²) in [6.07, 6.45) is 1.35. The van der Waals surface area contributed by atoms with E-state index in [9.17, 15) is 4.39 Å². The van der Waals surface area contributed by atoms with Gasteiger partial charge in [-0.05, 0) is 42.3 Å². The molecule has 21 heavy (non-hydrogen) atoms. The van der Waals surface area contributed by atoms with Crippen LogP contribution in [0.2, 0.25) is 0 Å². The number of nitrogens with zero attached hydrogens (tertiary/aromatic N) is 2. The summed E-state index contributed by atoms with van der Waals surface area (Å²) in [4.78, 5) is 4.31. The molecule has 2 N–H and O–H groups in total. The number of aromatic nitrogens is 2. The van der Waals surface area contributed by atoms with Gasteiger partial charge in [-0.2, -0.15) is 4.98 Å². The van der Waals surface area contributed by atoms with Gasteiger partial charge in [-0.25, -0.2) is 4.39 Å². The molecule has 0 saturated heterocycles. The summed E-state index contributed by atoms with van der Waals surface area (Å²) in [6, 6.07) is 13.7. The van der Waals surface area contributed by atoms with Crippen LogP contribution in [0.15, 0.2) is 53.1 Å². The largest absolute Gasteiger partial charge is 0.399 e. The Hall–Kier alpha value is -2.69. The molecule has 106 valence electrons. The number of anilines is 1. The summed E-state index contributed by atoms with van der Waals surface area (Å²) < 4.78 is 18.1. The lowest BCUT2D eigenvalue weighted by Gasteiger charge is -2.02. The van der Waals surface area contributed by atoms with Crippen LogP contribution in [0.25, 0.3) is 11.4 Å². The second-order valence-corrected chi connectivity index (χ2v) is 4.72. The van der Waals surface area contributed by atoms with Crippen molar-refractivity contribution in [3.8, 4) is 11.4 Å². The van der Waals surface area contributed by atoms with Crippen LogP contribution in [0.5, 0.6) is 0 Å². The van der Waals surface area contributed by atoms with Crippen molar-refractivity contribution in [2.75, 3.05) is 5.73 Å². The molecule has 3 aromatic rings. The Kier molecular flexibility index (Phi) is 3.64. The van der Waals surface area contributed by atoms with E-state index in [0.29, 0.717) is 18.1 Å². The molecular weight excluding hydrogens is 269 g/mol. The molecule has 0 bridgehead atoms. The Bertz CT molecular complexity index is 737. The number of nitrogen functional groups attached to an aromatic ring is 1. The average Bonchev–Trinajstić information content (AvgIpc) is 2.96. The molecule has 4 nitrogen and oxygen atoms in total. The van der Waals surface area contributed by atoms with E-state index < -0.39 is 0 Å². The lowest BCUT2D eigenvalue weighted by molar-refractivity contribution is 0.379. The first-order chi connectivity index (χ1) is 10.2. The maximum Gasteiger partial charge on any atom is 0.227 e. The minimum Gasteiger partial charge on any atom is -0.399 e. The Labute approximate surface area is 121 Å². The van der Waals surface area contributed by atoms with Gasteiger partial charge in [0.2, 0.25) is 11.7 Å². The molecule has 0 aliphatic heterocycles. The molecule has 0 aliphatic carbocycles. The molecule has 0 radical (unpaired) electrons. The van der Waals surface area contributed by atoms with E-state index in [1.807, 2.05) is 24.3 Å². The topological polar surface area (TPSA) is 64.9 Å². The van der Waals surface area contributed by atoms with Crippen LogP contribution in [0, 0.1) is 5.82 Å². The fourth-order valence-electron chi connectivity index (χ4n) is 2.08. The van der Waals surface area contributed by atoms with Crippen molar-refractivity contribution in [3.05, 3.63) is 65.8 Å². The van der Waals surface area contributed by atoms with Gasteiger partial charge in [0.1, 0.15) is 5.82 Å². The number of hydrogen-bond donors (Lipinski definition) is 1. The summed E-state index contributed by atoms with van der Waals surface area (Å²) in [7, 11) is 0. The van der Waals surface area contributed by atoms with E-state index in [2.05, 4.69) is 10.1 Å². The lowest BCUT2D eigenvalue weighted by atomic mass is 10.1. The third-order valence-electron chi connectivity index (χ3n) is 3.23. The monoisotopic (exact) mass is 283 g/mol. The van der Waals surface area contributed by atoms with Crippen LogP contribution in [-0.4, -0.2) is 10.1 Å². The first kappa shape index (κ1) is 13.3. The van der Waals surface area contributed by atoms with Crippen molar-refractivity contribution < 1.29 is 8.91 Å². The SMILES string of the molecule is Nc1ccccc1CCc1nc(-c2ccc(F)cc2)no1. The van der Waals surface area contributed by atoms with Gasteiger partial charge in [0.05, 0.1) is 0 Å². The van der Waals surface area contributed by atoms with Crippen molar-refractivity contribution in [3.63, 3.8) is 0 Å². The van der Waals surface area contributed by atoms with Crippen LogP contribution in [0.3, 0.4) is 0 Å². The molecule has 3 rings (SSSR count). The molecule has 0 aliphatic rings. The van der Waals surface area contributed by atoms with Gasteiger partial charge >= 0.3 is 0 Å². The number of hydrogen-bond acceptors (Lipinski definition) is 4. The molecule has 5 heteroatoms. The Balaban J connectivity index is 1.71. The van der Waals surface area contributed by atoms with Gasteiger partial charge in [0, 0.05) is 17.7 Å². The number of nitrogens with two attached hydrogens (primary N) is 1. The first-order valence-corrected chi connectivity index (χ1v) is 6.64. The van der Waals surface area contributed by atoms with E-state index >= 15 is 0 Å². The quantitative estimate of drug-likeness (QED) is 0.746. The molecule has 0 spiro atoms. The molecule has 0 unspecified atom stereocenters. The summed E-state index contributed by atoms with van der Waals surface area (Å²) in [5, 5.41) is 3.91. The highest BCUT2D eigenvalue weighted by atomic mass is 19.1. The molecule has 1 heterocycles. The Morgan fingerprint density at radius 3 is 2.52 bits per heavy atom. The predicted octanol–water partition coefficient (Wildman–Crippen LogP) is 3.24. The van der Waals surface area contributed by atoms with Crippen LogP contribution in [0.4, 0.5) is 10.1 Å². The maximum absolute atomic E-state index is 12.9. The van der Waals surface area contributed by atoms with E-state index in [0.717, 1.165) is 23.2 Å². The minimum absolute atomic E-state index is 0.290. The van der Waals surface area contributed by atoms with Crippen LogP contribution < -0.4 is 5.73 Å². The number of para-hydroxylation sites is 1. The van der Waals surface area contributed by atoms with Crippen LogP contribution in [0.1, 0.15) is 11.5 Å². The smallest absolute Gasteiger partial charge is 0.227 e. The third-order valence-corrected chi connectivity index (χ3v) is 3.23. The van der Waals surface area contributed by atoms with Crippen molar-refractivity contribution in [1.82, 2.24) is 10.1 Å². The van der Waals surface area contributed by atoms with Crippen LogP contribution in [-0.2, 0) is 12.8 Å². The number of rotatable bonds is 4. The number of benzene rings is 2. The summed E-state index contributed by atoms with van der Waals surface area (Å²) >= 11 is 0. The summed E-state index contributed by atoms with van der Waals surface area (Å²) in [6.45, 7) is 0. The lowest BCUT2D eigenvalue weighted by Crippen LogP contribution is -1.97. The second-order valence-electron chi connectivity index (χ2n) is 4.72. The number of halogens is 1. The van der Waals surface area contributed by atoms with Crippen LogP contribution >= 0.6 is 0 Å². The van der Waals surface area contributed by atoms with Crippen molar-refractivity contribution in [2.24, 2.45) is 0 Å². The third kappa shape index (κ3) is 3.08. The zero-order chi connectivity index (χ0) is 14.7. The van der Waals surface area contributed by atoms with Gasteiger partial charge < -0.3 is 10.3 Å². The molecule has 0 amide bonds. The predicted molar refractivity (Wildman–Crippen MR) is 78.0 cm³/mol. The highest BCUT2D eigenvalue weighted by Crippen LogP contribution is 2.18. The normalized spacial score (nSPS) is 10.7. The van der Waals surface area contributed by atoms with Gasteiger partial charge in [-0.3, -0.25) is 0 Å². The fourth-order valence-corrected chi connectivity index (χ4v) is 2.08. The minimum atomic E-state index is -0.290. The highest BCUT2D eigenvalue weighted by Gasteiger charge is 2.09. The van der Waals surface area contributed by atoms with Gasteiger partial charge in [0.25, 0.3) is 0 Å². The molecule has 0 fully saturated rings. The molecule has 2 aromatic carbocycles. The molecule has 0 saturated carbocycles. The Morgan fingerprint density at radius 1 is 1.00 bits per heavy atom. The Morgan fingerprint density at radius 2 is 1.76 bits per heavy atom. The van der Waals surface area contributed by atoms with Crippen molar-refractivity contribution in [2.45, 2.75) is 12.8 Å².